The van der Waals surface area contributed by atoms with Gasteiger partial charge in [0.25, 0.3) is 0 Å². The Morgan fingerprint density at radius 3 is 2.05 bits per heavy atom. The average molecular weight is 542 g/mol. The molecule has 39 heavy (non-hydrogen) atoms. The summed E-state index contributed by atoms with van der Waals surface area (Å²) in [7, 11) is 0. The molecule has 206 valence electrons. The molecule has 1 amide bonds. The molecule has 2 heterocycles. The summed E-state index contributed by atoms with van der Waals surface area (Å²) in [6, 6.07) is 16.7. The van der Waals surface area contributed by atoms with Crippen LogP contribution in [0.25, 0.3) is 11.1 Å². The molecular formula is C31H33F4N2O2+. The molecule has 2 aliphatic heterocycles. The van der Waals surface area contributed by atoms with E-state index in [1.807, 2.05) is 30.3 Å². The molecular weight excluding hydrogens is 508 g/mol. The summed E-state index contributed by atoms with van der Waals surface area (Å²) >= 11 is 0. The Bertz CT molecular complexity index is 1280. The number of nitrogens with one attached hydrogen (secondary N) is 1. The number of quaternary nitrogens is 1. The third kappa shape index (κ3) is 5.08. The van der Waals surface area contributed by atoms with Crippen LogP contribution in [0.5, 0.6) is 0 Å². The van der Waals surface area contributed by atoms with Gasteiger partial charge in [-0.15, -0.1) is 0 Å². The van der Waals surface area contributed by atoms with Crippen molar-refractivity contribution in [2.24, 2.45) is 5.92 Å². The highest BCUT2D eigenvalue weighted by Gasteiger charge is 2.54. The van der Waals surface area contributed by atoms with E-state index in [4.69, 9.17) is 4.74 Å². The van der Waals surface area contributed by atoms with Gasteiger partial charge in [-0.05, 0) is 29.5 Å². The minimum atomic E-state index is -1.98. The molecule has 2 atom stereocenters. The van der Waals surface area contributed by atoms with Gasteiger partial charge < -0.3 is 14.5 Å². The number of hydrogen-bond donors (Lipinski definition) is 1. The molecule has 4 nitrogen and oxygen atoms in total. The van der Waals surface area contributed by atoms with Crippen LogP contribution in [0.2, 0.25) is 0 Å². The van der Waals surface area contributed by atoms with Crippen LogP contribution in [0.3, 0.4) is 0 Å². The fraction of sp³-hybridized carbons (Fsp3) is 0.387. The summed E-state index contributed by atoms with van der Waals surface area (Å²) in [6.45, 7) is 5.32. The highest BCUT2D eigenvalue weighted by atomic mass is 19.2. The zero-order chi connectivity index (χ0) is 27.6. The fourth-order valence-electron chi connectivity index (χ4n) is 6.21. The molecule has 2 saturated heterocycles. The zero-order valence-electron chi connectivity index (χ0n) is 22.0. The minimum absolute atomic E-state index is 0.204. The highest BCUT2D eigenvalue weighted by molar-refractivity contribution is 5.93. The van der Waals surface area contributed by atoms with E-state index in [1.165, 1.54) is 0 Å². The number of likely N-dealkylation sites (tertiary alicyclic amines) is 1. The van der Waals surface area contributed by atoms with Gasteiger partial charge in [0.2, 0.25) is 5.91 Å². The molecule has 0 unspecified atom stereocenters. The molecule has 0 aromatic heterocycles. The quantitative estimate of drug-likeness (QED) is 0.356. The number of nitrogens with zero attached hydrogens (tertiary/aromatic N) is 1. The molecule has 3 aromatic rings. The molecule has 3 aromatic carbocycles. The lowest BCUT2D eigenvalue weighted by Gasteiger charge is -2.42. The molecule has 0 radical (unpaired) electrons. The Hall–Kier alpha value is -3.23. The Kier molecular flexibility index (Phi) is 8.05. The number of amides is 1. The zero-order valence-corrected chi connectivity index (χ0v) is 22.0. The average Bonchev–Trinajstić information content (AvgIpc) is 3.50. The third-order valence-corrected chi connectivity index (χ3v) is 8.22. The number of carbonyl (C=O) groups is 1. The third-order valence-electron chi connectivity index (χ3n) is 8.22. The maximum Gasteiger partial charge on any atom is 0.238 e. The van der Waals surface area contributed by atoms with Gasteiger partial charge in [-0.2, -0.15) is 0 Å². The van der Waals surface area contributed by atoms with Crippen LogP contribution in [-0.2, 0) is 14.9 Å². The minimum Gasteiger partial charge on any atom is -0.370 e. The van der Waals surface area contributed by atoms with Crippen LogP contribution >= 0.6 is 0 Å². The second kappa shape index (κ2) is 11.5. The molecule has 2 aliphatic rings. The summed E-state index contributed by atoms with van der Waals surface area (Å²) < 4.78 is 66.6. The number of rotatable bonds is 7. The van der Waals surface area contributed by atoms with Crippen molar-refractivity contribution in [2.45, 2.75) is 25.2 Å². The SMILES string of the molecule is C[C@@H](C[NH+]1CCOCC1)[C@](C(=O)N1CCCC1)(c1ccc(-c2ccccc2)cc1)c1c(F)c(F)cc(F)c1F. The van der Waals surface area contributed by atoms with E-state index in [0.29, 0.717) is 51.5 Å². The van der Waals surface area contributed by atoms with Crippen molar-refractivity contribution in [1.29, 1.82) is 0 Å². The lowest BCUT2D eigenvalue weighted by Crippen LogP contribution is -3.15. The molecule has 0 saturated carbocycles. The van der Waals surface area contributed by atoms with Gasteiger partial charge in [0, 0.05) is 25.1 Å². The first-order valence-electron chi connectivity index (χ1n) is 13.5. The molecule has 0 spiro atoms. The van der Waals surface area contributed by atoms with Crippen molar-refractivity contribution in [3.05, 3.63) is 95.1 Å². The first kappa shape index (κ1) is 27.3. The van der Waals surface area contributed by atoms with Crippen molar-refractivity contribution < 1.29 is 32.0 Å². The molecule has 8 heteroatoms. The maximum absolute atomic E-state index is 15.8. The first-order valence-corrected chi connectivity index (χ1v) is 13.5. The van der Waals surface area contributed by atoms with E-state index in [1.54, 1.807) is 36.1 Å². The lowest BCUT2D eigenvalue weighted by molar-refractivity contribution is -0.911. The van der Waals surface area contributed by atoms with E-state index in [2.05, 4.69) is 0 Å². The maximum atomic E-state index is 15.8. The number of ether oxygens (including phenoxy) is 1. The Morgan fingerprint density at radius 1 is 0.897 bits per heavy atom. The second-order valence-electron chi connectivity index (χ2n) is 10.6. The Labute approximate surface area is 226 Å². The van der Waals surface area contributed by atoms with Crippen molar-refractivity contribution in [3.8, 4) is 11.1 Å². The molecule has 0 aliphatic carbocycles. The van der Waals surface area contributed by atoms with E-state index < -0.39 is 46.1 Å². The molecule has 5 rings (SSSR count). The van der Waals surface area contributed by atoms with Crippen LogP contribution in [0, 0.1) is 29.2 Å². The molecule has 0 bridgehead atoms. The summed E-state index contributed by atoms with van der Waals surface area (Å²) in [5, 5.41) is 0. The largest absolute Gasteiger partial charge is 0.370 e. The van der Waals surface area contributed by atoms with E-state index >= 15 is 8.78 Å². The van der Waals surface area contributed by atoms with Crippen LogP contribution in [0.1, 0.15) is 30.9 Å². The summed E-state index contributed by atoms with van der Waals surface area (Å²) in [6.07, 6.45) is 1.50. The van der Waals surface area contributed by atoms with Gasteiger partial charge >= 0.3 is 0 Å². The van der Waals surface area contributed by atoms with Crippen LogP contribution in [0.4, 0.5) is 17.6 Å². The number of benzene rings is 3. The van der Waals surface area contributed by atoms with Crippen molar-refractivity contribution in [2.75, 3.05) is 45.9 Å². The predicted octanol–water partition coefficient (Wildman–Crippen LogP) is 4.37. The standard InChI is InChI=1S/C31H32F4N2O2/c1-21(20-36-15-17-39-18-16-36)31(30(38)37-13-5-6-14-37,27-28(34)25(32)19-26(33)29(27)35)24-11-9-23(10-12-24)22-7-3-2-4-8-22/h2-4,7-12,19,21H,5-6,13-18,20H2,1H3/p+1/t21-,31-/m0/s1. The highest BCUT2D eigenvalue weighted by Crippen LogP contribution is 2.45. The van der Waals surface area contributed by atoms with Gasteiger partial charge in [-0.3, -0.25) is 4.79 Å². The van der Waals surface area contributed by atoms with Gasteiger partial charge in [-0.1, -0.05) is 61.5 Å². The fourth-order valence-corrected chi connectivity index (χ4v) is 6.21. The summed E-state index contributed by atoms with van der Waals surface area (Å²) in [5.41, 5.74) is -0.756. The first-order chi connectivity index (χ1) is 18.8. The Morgan fingerprint density at radius 2 is 1.46 bits per heavy atom. The van der Waals surface area contributed by atoms with Crippen LogP contribution in [0.15, 0.2) is 60.7 Å². The van der Waals surface area contributed by atoms with Gasteiger partial charge in [0.15, 0.2) is 23.3 Å². The predicted molar refractivity (Wildman–Crippen MR) is 140 cm³/mol. The number of carbonyl (C=O) groups excluding carboxylic acids is 1. The molecule has 2 fully saturated rings. The Balaban J connectivity index is 1.74. The van der Waals surface area contributed by atoms with Gasteiger partial charge in [-0.25, -0.2) is 17.6 Å². The van der Waals surface area contributed by atoms with E-state index in [9.17, 15) is 13.6 Å². The summed E-state index contributed by atoms with van der Waals surface area (Å²) in [5.74, 6) is -7.33. The van der Waals surface area contributed by atoms with Gasteiger partial charge in [0.05, 0.1) is 25.3 Å². The topological polar surface area (TPSA) is 34.0 Å². The van der Waals surface area contributed by atoms with E-state index in [0.717, 1.165) is 28.9 Å². The van der Waals surface area contributed by atoms with Crippen LogP contribution < -0.4 is 4.90 Å². The van der Waals surface area contributed by atoms with Crippen LogP contribution in [-0.4, -0.2) is 56.7 Å². The number of morpholine rings is 1. The van der Waals surface area contributed by atoms with Crippen molar-refractivity contribution >= 4 is 5.91 Å². The van der Waals surface area contributed by atoms with Gasteiger partial charge in [0.1, 0.15) is 18.5 Å². The normalized spacial score (nSPS) is 18.6. The van der Waals surface area contributed by atoms with Crippen molar-refractivity contribution in [1.82, 2.24) is 4.90 Å². The molecule has 1 N–H and O–H groups in total. The van der Waals surface area contributed by atoms with Crippen molar-refractivity contribution in [3.63, 3.8) is 0 Å². The summed E-state index contributed by atoms with van der Waals surface area (Å²) in [4.78, 5) is 17.2. The smallest absolute Gasteiger partial charge is 0.238 e. The van der Waals surface area contributed by atoms with E-state index in [-0.39, 0.29) is 6.07 Å². The number of hydrogen-bond acceptors (Lipinski definition) is 2. The lowest BCUT2D eigenvalue weighted by atomic mass is 9.64. The monoisotopic (exact) mass is 541 g/mol. The number of halogens is 4. The second-order valence-corrected chi connectivity index (χ2v) is 10.6.